The van der Waals surface area contributed by atoms with Crippen LogP contribution >= 0.6 is 11.6 Å². The molecule has 0 spiro atoms. The Labute approximate surface area is 198 Å². The molecule has 2 fully saturated rings. The van der Waals surface area contributed by atoms with Gasteiger partial charge >= 0.3 is 0 Å². The Morgan fingerprint density at radius 1 is 1.06 bits per heavy atom. The molecule has 11 heteroatoms. The Kier molecular flexibility index (Phi) is 6.47. The standard InChI is InChI=1S/C22H29ClN4O5S/c1-3-22(8-4-5-9-22)25-17-16(19(29)20(17)30)24-15-7-6-14(23)21(18(15)28)33(31,32)27-12-10-26(2)11-13-27/h6-7,24-25,28H,3-5,8-13H2,1-2H3. The number of piperazine rings is 1. The van der Waals surface area contributed by atoms with Gasteiger partial charge in [-0.05, 0) is 38.4 Å². The number of anilines is 3. The maximum atomic E-state index is 13.2. The minimum absolute atomic E-state index is 0.000720. The Morgan fingerprint density at radius 3 is 2.27 bits per heavy atom. The van der Waals surface area contributed by atoms with Crippen molar-refractivity contribution in [2.45, 2.75) is 49.5 Å². The van der Waals surface area contributed by atoms with E-state index in [-0.39, 0.29) is 40.7 Å². The number of nitrogens with one attached hydrogen (secondary N) is 2. The maximum absolute atomic E-state index is 13.2. The smallest absolute Gasteiger partial charge is 0.253 e. The molecule has 4 rings (SSSR count). The first-order valence-electron chi connectivity index (χ1n) is 11.2. The van der Waals surface area contributed by atoms with Crippen LogP contribution in [0.4, 0.5) is 17.1 Å². The molecule has 33 heavy (non-hydrogen) atoms. The van der Waals surface area contributed by atoms with Gasteiger partial charge in [-0.15, -0.1) is 0 Å². The van der Waals surface area contributed by atoms with Crippen LogP contribution < -0.4 is 21.5 Å². The number of sulfonamides is 1. The summed E-state index contributed by atoms with van der Waals surface area (Å²) in [4.78, 5) is 26.2. The van der Waals surface area contributed by atoms with Gasteiger partial charge in [0.1, 0.15) is 16.3 Å². The van der Waals surface area contributed by atoms with E-state index < -0.39 is 31.5 Å². The van der Waals surface area contributed by atoms with Crippen LogP contribution in [0.5, 0.6) is 5.75 Å². The van der Waals surface area contributed by atoms with Crippen LogP contribution in [0.15, 0.2) is 26.6 Å². The number of nitrogens with zero attached hydrogens (tertiary/aromatic N) is 2. The number of rotatable bonds is 7. The molecule has 3 N–H and O–H groups in total. The lowest BCUT2D eigenvalue weighted by molar-refractivity contribution is 0.222. The van der Waals surface area contributed by atoms with Crippen molar-refractivity contribution < 1.29 is 13.5 Å². The van der Waals surface area contributed by atoms with Crippen LogP contribution in [0.3, 0.4) is 0 Å². The molecule has 2 aromatic rings. The van der Waals surface area contributed by atoms with E-state index in [2.05, 4.69) is 10.6 Å². The first-order chi connectivity index (χ1) is 15.6. The molecule has 9 nitrogen and oxygen atoms in total. The zero-order valence-electron chi connectivity index (χ0n) is 18.8. The van der Waals surface area contributed by atoms with Crippen LogP contribution in [0.25, 0.3) is 0 Å². The number of phenols is 1. The van der Waals surface area contributed by atoms with E-state index in [0.29, 0.717) is 13.1 Å². The van der Waals surface area contributed by atoms with Crippen molar-refractivity contribution in [1.82, 2.24) is 9.21 Å². The third-order valence-corrected chi connectivity index (χ3v) is 9.34. The highest BCUT2D eigenvalue weighted by Gasteiger charge is 2.36. The summed E-state index contributed by atoms with van der Waals surface area (Å²) in [6.07, 6.45) is 4.71. The SMILES string of the molecule is CCC1(Nc2c(Nc3ccc(Cl)c(S(=O)(=O)N4CCN(C)CC4)c3O)c(=O)c2=O)CCCC1. The van der Waals surface area contributed by atoms with Gasteiger partial charge < -0.3 is 20.6 Å². The van der Waals surface area contributed by atoms with Gasteiger partial charge in [-0.1, -0.05) is 31.4 Å². The molecule has 1 saturated heterocycles. The summed E-state index contributed by atoms with van der Waals surface area (Å²) >= 11 is 6.20. The predicted molar refractivity (Wildman–Crippen MR) is 129 cm³/mol. The maximum Gasteiger partial charge on any atom is 0.253 e. The van der Waals surface area contributed by atoms with Gasteiger partial charge in [0.05, 0.1) is 10.7 Å². The van der Waals surface area contributed by atoms with Crippen molar-refractivity contribution in [2.24, 2.45) is 0 Å². The van der Waals surface area contributed by atoms with Crippen LogP contribution in [0.2, 0.25) is 5.02 Å². The fraction of sp³-hybridized carbons (Fsp3) is 0.545. The third-order valence-electron chi connectivity index (χ3n) is 6.94. The van der Waals surface area contributed by atoms with Gasteiger partial charge in [-0.2, -0.15) is 4.31 Å². The molecule has 1 saturated carbocycles. The molecule has 0 bridgehead atoms. The molecule has 0 radical (unpaired) electrons. The summed E-state index contributed by atoms with van der Waals surface area (Å²) in [6, 6.07) is 2.75. The Morgan fingerprint density at radius 2 is 1.67 bits per heavy atom. The predicted octanol–water partition coefficient (Wildman–Crippen LogP) is 2.46. The first kappa shape index (κ1) is 24.0. The molecule has 0 unspecified atom stereocenters. The van der Waals surface area contributed by atoms with E-state index in [1.54, 1.807) is 0 Å². The fourth-order valence-corrected chi connectivity index (χ4v) is 6.72. The summed E-state index contributed by atoms with van der Waals surface area (Å²) in [5.41, 5.74) is -1.35. The Bertz CT molecular complexity index is 1220. The summed E-state index contributed by atoms with van der Waals surface area (Å²) in [5, 5.41) is 16.8. The van der Waals surface area contributed by atoms with E-state index in [1.165, 1.54) is 16.4 Å². The second-order valence-electron chi connectivity index (χ2n) is 8.98. The average molecular weight is 497 g/mol. The van der Waals surface area contributed by atoms with Crippen LogP contribution in [0, 0.1) is 0 Å². The van der Waals surface area contributed by atoms with E-state index in [4.69, 9.17) is 11.6 Å². The van der Waals surface area contributed by atoms with Crippen molar-refractivity contribution in [3.63, 3.8) is 0 Å². The largest absolute Gasteiger partial charge is 0.504 e. The normalized spacial score (nSPS) is 19.7. The molecule has 0 aromatic heterocycles. The molecule has 1 heterocycles. The molecule has 180 valence electrons. The minimum atomic E-state index is -4.06. The van der Waals surface area contributed by atoms with Gasteiger partial charge in [0.2, 0.25) is 10.0 Å². The highest BCUT2D eigenvalue weighted by Crippen LogP contribution is 2.41. The Hall–Kier alpha value is -2.14. The summed E-state index contributed by atoms with van der Waals surface area (Å²) in [7, 11) is -2.16. The fourth-order valence-electron chi connectivity index (χ4n) is 4.70. The minimum Gasteiger partial charge on any atom is -0.504 e. The van der Waals surface area contributed by atoms with Crippen LogP contribution in [-0.4, -0.2) is 61.5 Å². The second kappa shape index (κ2) is 8.90. The van der Waals surface area contributed by atoms with Gasteiger partial charge in [-0.3, -0.25) is 9.59 Å². The number of aromatic hydroxyl groups is 1. The molecular weight excluding hydrogens is 468 g/mol. The second-order valence-corrected chi connectivity index (χ2v) is 11.3. The van der Waals surface area contributed by atoms with Crippen molar-refractivity contribution in [1.29, 1.82) is 0 Å². The average Bonchev–Trinajstić information content (AvgIpc) is 3.26. The number of benzene rings is 1. The lowest BCUT2D eigenvalue weighted by Crippen LogP contribution is -2.47. The van der Waals surface area contributed by atoms with E-state index >= 15 is 0 Å². The molecular formula is C22H29ClN4O5S. The topological polar surface area (TPSA) is 119 Å². The Balaban J connectivity index is 1.66. The number of phenolic OH excluding ortho intramolecular Hbond substituents is 1. The molecule has 0 amide bonds. The van der Waals surface area contributed by atoms with Crippen molar-refractivity contribution in [2.75, 3.05) is 43.9 Å². The highest BCUT2D eigenvalue weighted by atomic mass is 35.5. The van der Waals surface area contributed by atoms with Crippen LogP contribution in [0.1, 0.15) is 39.0 Å². The number of hydrogen-bond acceptors (Lipinski definition) is 8. The monoisotopic (exact) mass is 496 g/mol. The van der Waals surface area contributed by atoms with Crippen LogP contribution in [-0.2, 0) is 10.0 Å². The van der Waals surface area contributed by atoms with Gasteiger partial charge in [0.25, 0.3) is 10.9 Å². The summed E-state index contributed by atoms with van der Waals surface area (Å²) in [6.45, 7) is 3.72. The van der Waals surface area contributed by atoms with Gasteiger partial charge in [0, 0.05) is 31.7 Å². The summed E-state index contributed by atoms with van der Waals surface area (Å²) in [5.74, 6) is -0.577. The lowest BCUT2D eigenvalue weighted by Gasteiger charge is -2.32. The number of likely N-dealkylation sites (N-methyl/N-ethyl adjacent to an activating group) is 1. The summed E-state index contributed by atoms with van der Waals surface area (Å²) < 4.78 is 27.8. The van der Waals surface area contributed by atoms with E-state index in [9.17, 15) is 23.1 Å². The van der Waals surface area contributed by atoms with Crippen molar-refractivity contribution in [3.8, 4) is 5.75 Å². The number of hydrogen-bond donors (Lipinski definition) is 3. The quantitative estimate of drug-likeness (QED) is 0.395. The molecule has 1 aliphatic carbocycles. The van der Waals surface area contributed by atoms with Crippen molar-refractivity contribution in [3.05, 3.63) is 37.6 Å². The molecule has 2 aromatic carbocycles. The van der Waals surface area contributed by atoms with Gasteiger partial charge in [-0.25, -0.2) is 8.42 Å². The van der Waals surface area contributed by atoms with Crippen molar-refractivity contribution >= 4 is 38.7 Å². The lowest BCUT2D eigenvalue weighted by atomic mass is 9.93. The van der Waals surface area contributed by atoms with Gasteiger partial charge in [0.15, 0.2) is 5.75 Å². The third kappa shape index (κ3) is 4.25. The molecule has 0 atom stereocenters. The highest BCUT2D eigenvalue weighted by molar-refractivity contribution is 7.89. The van der Waals surface area contributed by atoms with E-state index in [1.807, 2.05) is 18.9 Å². The molecule has 2 aliphatic rings. The number of halogens is 1. The first-order valence-corrected chi connectivity index (χ1v) is 13.0. The zero-order chi connectivity index (χ0) is 24.0. The van der Waals surface area contributed by atoms with E-state index in [0.717, 1.165) is 32.1 Å². The molecule has 1 aliphatic heterocycles. The zero-order valence-corrected chi connectivity index (χ0v) is 20.4.